The Morgan fingerprint density at radius 1 is 0.828 bits per heavy atom. The number of methoxy groups -OCH3 is 1. The van der Waals surface area contributed by atoms with Crippen LogP contribution >= 0.6 is 11.6 Å². The lowest BCUT2D eigenvalue weighted by atomic mass is 9.82. The normalized spacial score (nSPS) is 20.1. The summed E-state index contributed by atoms with van der Waals surface area (Å²) in [5.41, 5.74) is 3.04. The fourth-order valence-electron chi connectivity index (χ4n) is 10.2. The second-order valence-corrected chi connectivity index (χ2v) is 22.4. The molecule has 6 aromatic rings. The summed E-state index contributed by atoms with van der Waals surface area (Å²) in [7, 11) is -0.960. The molecule has 1 N–H and O–H groups in total. The van der Waals surface area contributed by atoms with Gasteiger partial charge in [0.25, 0.3) is 11.8 Å². The molecule has 10 nitrogen and oxygen atoms in total. The van der Waals surface area contributed by atoms with E-state index in [0.717, 1.165) is 22.1 Å². The highest BCUT2D eigenvalue weighted by Gasteiger charge is 2.66. The summed E-state index contributed by atoms with van der Waals surface area (Å²) in [5, 5.41) is 11.7. The monoisotopic (exact) mass is 891 g/mol. The number of aliphatic hydroxyl groups is 1. The molecule has 3 aliphatic rings. The lowest BCUT2D eigenvalue weighted by Crippen LogP contribution is -2.52. The van der Waals surface area contributed by atoms with Crippen LogP contribution in [0.15, 0.2) is 146 Å². The summed E-state index contributed by atoms with van der Waals surface area (Å²) in [6.45, 7) is 7.10. The molecule has 12 heteroatoms. The van der Waals surface area contributed by atoms with E-state index in [1.807, 2.05) is 115 Å². The Labute approximate surface area is 379 Å². The van der Waals surface area contributed by atoms with E-state index < -0.39 is 19.8 Å². The van der Waals surface area contributed by atoms with Crippen molar-refractivity contribution >= 4 is 59.6 Å². The van der Waals surface area contributed by atoms with Gasteiger partial charge in [0, 0.05) is 35.3 Å². The van der Waals surface area contributed by atoms with Gasteiger partial charge in [-0.3, -0.25) is 19.3 Å². The first-order valence-electron chi connectivity index (χ1n) is 21.6. The highest BCUT2D eigenvalue weighted by atomic mass is 35.5. The smallest absolute Gasteiger partial charge is 0.266 e. The maximum Gasteiger partial charge on any atom is 0.266 e. The van der Waals surface area contributed by atoms with Crippen molar-refractivity contribution in [3.05, 3.63) is 173 Å². The van der Waals surface area contributed by atoms with E-state index in [-0.39, 0.29) is 55.3 Å². The Morgan fingerprint density at radius 2 is 1.53 bits per heavy atom. The fraction of sp³-hybridized carbons (Fsp3) is 0.250. The predicted molar refractivity (Wildman–Crippen MR) is 252 cm³/mol. The van der Waals surface area contributed by atoms with Crippen molar-refractivity contribution in [2.75, 3.05) is 30.1 Å². The molecule has 0 radical (unpaired) electrons. The van der Waals surface area contributed by atoms with Crippen molar-refractivity contribution < 1.29 is 33.7 Å². The van der Waals surface area contributed by atoms with E-state index in [2.05, 4.69) is 32.2 Å². The third-order valence-electron chi connectivity index (χ3n) is 13.3. The van der Waals surface area contributed by atoms with Crippen LogP contribution < -0.4 is 24.5 Å². The lowest BCUT2D eigenvalue weighted by Gasteiger charge is -2.37. The van der Waals surface area contributed by atoms with Crippen LogP contribution in [0.2, 0.25) is 23.7 Å². The second kappa shape index (κ2) is 17.4. The van der Waals surface area contributed by atoms with Crippen LogP contribution in [0, 0.1) is 5.92 Å². The molecule has 326 valence electrons. The van der Waals surface area contributed by atoms with E-state index >= 15 is 4.79 Å². The highest BCUT2D eigenvalue weighted by Crippen LogP contribution is 2.60. The van der Waals surface area contributed by atoms with Crippen LogP contribution in [-0.4, -0.2) is 62.2 Å². The molecule has 0 aromatic heterocycles. The van der Waals surface area contributed by atoms with Gasteiger partial charge in [0.1, 0.15) is 11.5 Å². The second-order valence-electron chi connectivity index (χ2n) is 17.3. The molecular formula is C52H50ClN3O7Si. The number of fused-ring (bicyclic) bond motifs is 4. The first-order valence-corrected chi connectivity index (χ1v) is 25.1. The number of hydrogen-bond donors (Lipinski definition) is 1. The minimum absolute atomic E-state index is 0.0135. The van der Waals surface area contributed by atoms with Crippen LogP contribution in [-0.2, 0) is 33.0 Å². The molecule has 3 aliphatic heterocycles. The standard InChI is InChI=1S/C52H50ClN3O7Si/c1-34-49(64(3,4)40-24-22-39(61-2)23-25-40)47(31-48(58)54(27-28-57)32-35-13-6-5-7-14-35)63-52(34)42-30-37(53)21-26-43(42)55(51(52)60)33-36-15-12-16-38(29-36)56-44-18-9-11-20-46(44)62-45-19-10-8-17-41(45)50(56)59/h5-26,29-30,34,47,49,57H,27-28,31-33H2,1-4H3/t34-,47+,49-,52+/m1/s1. The van der Waals surface area contributed by atoms with Crippen molar-refractivity contribution in [3.8, 4) is 17.2 Å². The van der Waals surface area contributed by atoms with Gasteiger partial charge in [-0.25, -0.2) is 0 Å². The Balaban J connectivity index is 1.09. The van der Waals surface area contributed by atoms with Gasteiger partial charge in [-0.05, 0) is 83.4 Å². The first kappa shape index (κ1) is 43.0. The van der Waals surface area contributed by atoms with Gasteiger partial charge in [0.05, 0.1) is 57.8 Å². The van der Waals surface area contributed by atoms with E-state index in [0.29, 0.717) is 51.3 Å². The van der Waals surface area contributed by atoms with Crippen LogP contribution in [0.1, 0.15) is 40.4 Å². The Kier molecular flexibility index (Phi) is 11.7. The van der Waals surface area contributed by atoms with E-state index in [4.69, 9.17) is 25.8 Å². The molecule has 1 saturated heterocycles. The summed E-state index contributed by atoms with van der Waals surface area (Å²) < 4.78 is 19.1. The van der Waals surface area contributed by atoms with Gasteiger partial charge >= 0.3 is 0 Å². The number of carbonyl (C=O) groups is 3. The number of hydrogen-bond acceptors (Lipinski definition) is 7. The number of para-hydroxylation sites is 3. The van der Waals surface area contributed by atoms with Gasteiger partial charge in [-0.2, -0.15) is 0 Å². The largest absolute Gasteiger partial charge is 0.497 e. The minimum Gasteiger partial charge on any atom is -0.497 e. The average molecular weight is 893 g/mol. The maximum absolute atomic E-state index is 15.6. The predicted octanol–water partition coefficient (Wildman–Crippen LogP) is 9.61. The Morgan fingerprint density at radius 3 is 2.28 bits per heavy atom. The Hall–Kier alpha value is -6.24. The van der Waals surface area contributed by atoms with Crippen molar-refractivity contribution in [3.63, 3.8) is 0 Å². The molecule has 9 rings (SSSR count). The third-order valence-corrected chi connectivity index (χ3v) is 17.9. The number of nitrogens with zero attached hydrogens (tertiary/aromatic N) is 3. The number of benzene rings is 6. The summed E-state index contributed by atoms with van der Waals surface area (Å²) in [6.07, 6.45) is -0.638. The van der Waals surface area contributed by atoms with Crippen molar-refractivity contribution in [2.24, 2.45) is 5.92 Å². The summed E-state index contributed by atoms with van der Waals surface area (Å²) in [4.78, 5) is 49.6. The minimum atomic E-state index is -2.60. The van der Waals surface area contributed by atoms with Gasteiger partial charge in [0.2, 0.25) is 5.91 Å². The van der Waals surface area contributed by atoms with E-state index in [9.17, 15) is 14.7 Å². The quantitative estimate of drug-likeness (QED) is 0.122. The average Bonchev–Trinajstić information content (AvgIpc) is 3.67. The topological polar surface area (TPSA) is 109 Å². The molecule has 0 aliphatic carbocycles. The van der Waals surface area contributed by atoms with Gasteiger partial charge in [-0.15, -0.1) is 0 Å². The van der Waals surface area contributed by atoms with Crippen LogP contribution in [0.5, 0.6) is 17.2 Å². The molecule has 0 bridgehead atoms. The number of amides is 3. The lowest BCUT2D eigenvalue weighted by molar-refractivity contribution is -0.150. The van der Waals surface area contributed by atoms with Crippen molar-refractivity contribution in [2.45, 2.75) is 56.8 Å². The number of halogens is 1. The molecule has 4 atom stereocenters. The molecule has 64 heavy (non-hydrogen) atoms. The zero-order chi connectivity index (χ0) is 44.8. The van der Waals surface area contributed by atoms with E-state index in [1.165, 1.54) is 0 Å². The number of carbonyl (C=O) groups excluding carboxylic acids is 3. The number of aliphatic hydroxyl groups excluding tert-OH is 1. The molecule has 1 fully saturated rings. The van der Waals surface area contributed by atoms with E-state index in [1.54, 1.807) is 40.0 Å². The SMILES string of the molecule is COc1ccc([Si](C)(C)[C@H]2[C@H](CC(=O)N(CCO)Cc3ccccc3)O[C@@]3(C(=O)N(Cc4cccc(N5C(=O)c6ccccc6Oc6ccccc65)c4)c4ccc(Cl)cc43)[C@@H]2C)cc1. The maximum atomic E-state index is 15.6. The molecular weight excluding hydrogens is 842 g/mol. The van der Waals surface area contributed by atoms with Crippen LogP contribution in [0.3, 0.4) is 0 Å². The van der Waals surface area contributed by atoms with Gasteiger partial charge < -0.3 is 29.1 Å². The molecule has 3 heterocycles. The van der Waals surface area contributed by atoms with Crippen LogP contribution in [0.4, 0.5) is 17.1 Å². The van der Waals surface area contributed by atoms with Gasteiger partial charge in [-0.1, -0.05) is 116 Å². The molecule has 3 amide bonds. The molecule has 0 unspecified atom stereocenters. The number of ether oxygens (including phenoxy) is 3. The van der Waals surface area contributed by atoms with Crippen LogP contribution in [0.25, 0.3) is 0 Å². The molecule has 0 saturated carbocycles. The third kappa shape index (κ3) is 7.55. The Bertz CT molecular complexity index is 2730. The summed E-state index contributed by atoms with van der Waals surface area (Å²) in [5.74, 6) is 0.730. The molecule has 1 spiro atoms. The number of anilines is 3. The molecule has 6 aromatic carbocycles. The summed E-state index contributed by atoms with van der Waals surface area (Å²) in [6, 6.07) is 45.6. The van der Waals surface area contributed by atoms with Crippen molar-refractivity contribution in [1.82, 2.24) is 4.90 Å². The van der Waals surface area contributed by atoms with Crippen molar-refractivity contribution in [1.29, 1.82) is 0 Å². The first-order chi connectivity index (χ1) is 30.9. The van der Waals surface area contributed by atoms with Gasteiger partial charge in [0.15, 0.2) is 11.4 Å². The highest BCUT2D eigenvalue weighted by molar-refractivity contribution is 6.91. The fourth-order valence-corrected chi connectivity index (χ4v) is 14.4. The number of rotatable bonds is 12. The summed E-state index contributed by atoms with van der Waals surface area (Å²) >= 11 is 6.80. The zero-order valence-corrected chi connectivity index (χ0v) is 38.0. The zero-order valence-electron chi connectivity index (χ0n) is 36.2.